The number of amides is 1. The largest absolute Gasteiger partial charge is 0.493 e. The highest BCUT2D eigenvalue weighted by Crippen LogP contribution is 2.34. The number of carbonyl (C=O) groups excluding carboxylic acids is 1. The molecule has 5 nitrogen and oxygen atoms in total. The van der Waals surface area contributed by atoms with Crippen LogP contribution >= 0.6 is 0 Å². The van der Waals surface area contributed by atoms with Crippen LogP contribution in [-0.4, -0.2) is 18.0 Å². The van der Waals surface area contributed by atoms with E-state index >= 15 is 0 Å². The highest BCUT2D eigenvalue weighted by atomic mass is 16.5. The highest BCUT2D eigenvalue weighted by molar-refractivity contribution is 6.14. The number of benzene rings is 3. The molecule has 1 heterocycles. The molecule has 1 N–H and O–H groups in total. The Hall–Kier alpha value is -3.86. The summed E-state index contributed by atoms with van der Waals surface area (Å²) in [6.07, 6.45) is 5.53. The summed E-state index contributed by atoms with van der Waals surface area (Å²) in [6.45, 7) is 0.380. The number of pyridine rings is 1. The van der Waals surface area contributed by atoms with Crippen LogP contribution in [0.3, 0.4) is 0 Å². The summed E-state index contributed by atoms with van der Waals surface area (Å²) in [5.74, 6) is 1.04. The van der Waals surface area contributed by atoms with Crippen molar-refractivity contribution in [1.29, 1.82) is 0 Å². The van der Waals surface area contributed by atoms with E-state index in [4.69, 9.17) is 9.47 Å². The number of hydrogen-bond acceptors (Lipinski definition) is 4. The van der Waals surface area contributed by atoms with Crippen molar-refractivity contribution < 1.29 is 14.3 Å². The van der Waals surface area contributed by atoms with Crippen molar-refractivity contribution in [3.8, 4) is 11.5 Å². The molecule has 1 aliphatic rings. The monoisotopic (exact) mass is 410 g/mol. The molecule has 0 fully saturated rings. The minimum atomic E-state index is -0.138. The van der Waals surface area contributed by atoms with Gasteiger partial charge in [-0.25, -0.2) is 0 Å². The number of hydrogen-bond donors (Lipinski definition) is 1. The van der Waals surface area contributed by atoms with Crippen LogP contribution in [0.25, 0.3) is 10.8 Å². The second kappa shape index (κ2) is 8.11. The van der Waals surface area contributed by atoms with Gasteiger partial charge in [0.25, 0.3) is 5.91 Å². The first kappa shape index (κ1) is 19.1. The van der Waals surface area contributed by atoms with Crippen LogP contribution in [0, 0.1) is 0 Å². The van der Waals surface area contributed by atoms with Gasteiger partial charge in [-0.2, -0.15) is 0 Å². The van der Waals surface area contributed by atoms with Crippen molar-refractivity contribution in [3.63, 3.8) is 0 Å². The van der Waals surface area contributed by atoms with Crippen molar-refractivity contribution >= 4 is 22.4 Å². The zero-order valence-electron chi connectivity index (χ0n) is 17.2. The van der Waals surface area contributed by atoms with E-state index in [-0.39, 0.29) is 5.91 Å². The standard InChI is InChI=1S/C26H22N2O3/c1-30-23-10-8-20(15-24(23)31-16-17-11-13-27-14-12-17)28-26(29)22-9-7-19-6-5-18-3-2-4-21(22)25(18)19/h2-4,7-15H,5-6,16H2,1H3,(H,28,29). The Morgan fingerprint density at radius 3 is 2.58 bits per heavy atom. The molecular formula is C26H22N2O3. The zero-order chi connectivity index (χ0) is 21.2. The lowest BCUT2D eigenvalue weighted by Crippen LogP contribution is -2.13. The quantitative estimate of drug-likeness (QED) is 0.476. The molecule has 0 aliphatic heterocycles. The predicted molar refractivity (Wildman–Crippen MR) is 121 cm³/mol. The predicted octanol–water partition coefficient (Wildman–Crippen LogP) is 5.17. The Labute approximate surface area is 180 Å². The van der Waals surface area contributed by atoms with Crippen molar-refractivity contribution in [3.05, 3.63) is 95.3 Å². The van der Waals surface area contributed by atoms with Gasteiger partial charge in [0.1, 0.15) is 6.61 Å². The summed E-state index contributed by atoms with van der Waals surface area (Å²) >= 11 is 0. The van der Waals surface area contributed by atoms with Gasteiger partial charge in [-0.15, -0.1) is 0 Å². The van der Waals surface area contributed by atoms with E-state index in [0.29, 0.717) is 29.4 Å². The van der Waals surface area contributed by atoms with Crippen molar-refractivity contribution in [2.75, 3.05) is 12.4 Å². The molecule has 154 valence electrons. The smallest absolute Gasteiger partial charge is 0.256 e. The minimum absolute atomic E-state index is 0.138. The third-order valence-electron chi connectivity index (χ3n) is 5.69. The Morgan fingerprint density at radius 2 is 1.77 bits per heavy atom. The number of aryl methyl sites for hydroxylation is 2. The Morgan fingerprint density at radius 1 is 0.968 bits per heavy atom. The fourth-order valence-electron chi connectivity index (χ4n) is 4.15. The molecule has 0 bridgehead atoms. The molecule has 1 amide bonds. The van der Waals surface area contributed by atoms with Gasteiger partial charge in [0.05, 0.1) is 7.11 Å². The van der Waals surface area contributed by atoms with Crippen molar-refractivity contribution in [2.24, 2.45) is 0 Å². The van der Waals surface area contributed by atoms with Crippen LogP contribution < -0.4 is 14.8 Å². The topological polar surface area (TPSA) is 60.5 Å². The van der Waals surface area contributed by atoms with Crippen LogP contribution in [0.1, 0.15) is 27.0 Å². The summed E-state index contributed by atoms with van der Waals surface area (Å²) in [6, 6.07) is 19.4. The van der Waals surface area contributed by atoms with E-state index in [1.807, 2.05) is 36.4 Å². The fourth-order valence-corrected chi connectivity index (χ4v) is 4.15. The fraction of sp³-hybridized carbons (Fsp3) is 0.154. The van der Waals surface area contributed by atoms with E-state index < -0.39 is 0 Å². The highest BCUT2D eigenvalue weighted by Gasteiger charge is 2.19. The van der Waals surface area contributed by atoms with Crippen LogP contribution in [0.4, 0.5) is 5.69 Å². The number of ether oxygens (including phenoxy) is 2. The van der Waals surface area contributed by atoms with Gasteiger partial charge in [-0.05, 0) is 70.6 Å². The molecule has 0 unspecified atom stereocenters. The summed E-state index contributed by atoms with van der Waals surface area (Å²) in [5, 5.41) is 5.25. The summed E-state index contributed by atoms with van der Waals surface area (Å²) in [7, 11) is 1.60. The maximum absolute atomic E-state index is 13.1. The van der Waals surface area contributed by atoms with E-state index in [9.17, 15) is 4.79 Å². The van der Waals surface area contributed by atoms with Gasteiger partial charge in [0, 0.05) is 29.7 Å². The molecule has 0 atom stereocenters. The maximum atomic E-state index is 13.1. The van der Waals surface area contributed by atoms with Gasteiger partial charge < -0.3 is 14.8 Å². The normalized spacial score (nSPS) is 12.0. The molecule has 31 heavy (non-hydrogen) atoms. The molecule has 5 heteroatoms. The summed E-state index contributed by atoms with van der Waals surface area (Å²) < 4.78 is 11.4. The third kappa shape index (κ3) is 3.70. The van der Waals surface area contributed by atoms with Crippen molar-refractivity contribution in [2.45, 2.75) is 19.4 Å². The summed E-state index contributed by atoms with van der Waals surface area (Å²) in [4.78, 5) is 17.1. The van der Waals surface area contributed by atoms with Gasteiger partial charge in [0.15, 0.2) is 11.5 Å². The molecule has 3 aromatic carbocycles. The van der Waals surface area contributed by atoms with Crippen LogP contribution in [0.15, 0.2) is 73.1 Å². The van der Waals surface area contributed by atoms with Crippen LogP contribution in [-0.2, 0) is 19.4 Å². The molecule has 0 spiro atoms. The van der Waals surface area contributed by atoms with E-state index in [1.54, 1.807) is 31.6 Å². The van der Waals surface area contributed by atoms with Gasteiger partial charge in [0.2, 0.25) is 0 Å². The van der Waals surface area contributed by atoms with Crippen molar-refractivity contribution in [1.82, 2.24) is 4.98 Å². The van der Waals surface area contributed by atoms with E-state index in [1.165, 1.54) is 16.5 Å². The Bertz CT molecular complexity index is 1260. The molecule has 0 radical (unpaired) electrons. The zero-order valence-corrected chi connectivity index (χ0v) is 17.2. The molecule has 0 saturated heterocycles. The number of aromatic nitrogens is 1. The number of rotatable bonds is 6. The number of nitrogens with zero attached hydrogens (tertiary/aromatic N) is 1. The van der Waals surface area contributed by atoms with Gasteiger partial charge in [-0.1, -0.05) is 24.3 Å². The molecule has 5 rings (SSSR count). The average molecular weight is 410 g/mol. The Kier molecular flexibility index (Phi) is 5.00. The number of nitrogens with one attached hydrogen (secondary N) is 1. The average Bonchev–Trinajstić information content (AvgIpc) is 3.23. The minimum Gasteiger partial charge on any atom is -0.493 e. The first-order valence-corrected chi connectivity index (χ1v) is 10.3. The van der Waals surface area contributed by atoms with E-state index in [0.717, 1.165) is 23.8 Å². The second-order valence-corrected chi connectivity index (χ2v) is 7.58. The number of methoxy groups -OCH3 is 1. The van der Waals surface area contributed by atoms with Gasteiger partial charge >= 0.3 is 0 Å². The second-order valence-electron chi connectivity index (χ2n) is 7.58. The lowest BCUT2D eigenvalue weighted by molar-refractivity contribution is 0.102. The first-order chi connectivity index (χ1) is 15.2. The molecule has 4 aromatic rings. The maximum Gasteiger partial charge on any atom is 0.256 e. The molecule has 1 aromatic heterocycles. The number of anilines is 1. The van der Waals surface area contributed by atoms with Gasteiger partial charge in [-0.3, -0.25) is 9.78 Å². The Balaban J connectivity index is 1.40. The first-order valence-electron chi connectivity index (χ1n) is 10.3. The molecule has 0 saturated carbocycles. The summed E-state index contributed by atoms with van der Waals surface area (Å²) in [5.41, 5.74) is 4.97. The SMILES string of the molecule is COc1ccc(NC(=O)c2ccc3c4c(cccc24)CC3)cc1OCc1ccncc1. The number of carbonyl (C=O) groups is 1. The lowest BCUT2D eigenvalue weighted by Gasteiger charge is -2.14. The third-order valence-corrected chi connectivity index (χ3v) is 5.69. The van der Waals surface area contributed by atoms with E-state index in [2.05, 4.69) is 22.4 Å². The lowest BCUT2D eigenvalue weighted by atomic mass is 9.99. The van der Waals surface area contributed by atoms with Crippen LogP contribution in [0.2, 0.25) is 0 Å². The van der Waals surface area contributed by atoms with Crippen LogP contribution in [0.5, 0.6) is 11.5 Å². The molecule has 1 aliphatic carbocycles. The molecular weight excluding hydrogens is 388 g/mol.